The summed E-state index contributed by atoms with van der Waals surface area (Å²) in [5, 5.41) is 3.27. The van der Waals surface area contributed by atoms with Crippen LogP contribution in [-0.4, -0.2) is 26.0 Å². The SMILES string of the molecule is COC(=O)C1=C(C)NC2=C(C(=O)CCC2)[C@@H]1c1ccc(OCc2ccccc2)c(OC)c1. The summed E-state index contributed by atoms with van der Waals surface area (Å²) in [7, 11) is 2.93. The second kappa shape index (κ2) is 9.30. The summed E-state index contributed by atoms with van der Waals surface area (Å²) in [5.74, 6) is 0.237. The first-order valence-electron chi connectivity index (χ1n) is 10.7. The van der Waals surface area contributed by atoms with Gasteiger partial charge in [-0.05, 0) is 43.0 Å². The van der Waals surface area contributed by atoms with Gasteiger partial charge in [0, 0.05) is 29.3 Å². The minimum atomic E-state index is -0.511. The number of allylic oxidation sites excluding steroid dienone is 3. The van der Waals surface area contributed by atoms with E-state index >= 15 is 0 Å². The van der Waals surface area contributed by atoms with Crippen molar-refractivity contribution in [1.82, 2.24) is 5.32 Å². The Balaban J connectivity index is 1.73. The molecule has 0 spiro atoms. The van der Waals surface area contributed by atoms with Crippen molar-refractivity contribution in [2.75, 3.05) is 14.2 Å². The van der Waals surface area contributed by atoms with Crippen LogP contribution in [0, 0.1) is 0 Å². The molecular weight excluding hydrogens is 406 g/mol. The second-order valence-corrected chi connectivity index (χ2v) is 7.94. The molecule has 2 aliphatic rings. The lowest BCUT2D eigenvalue weighted by Gasteiger charge is -2.34. The quantitative estimate of drug-likeness (QED) is 0.680. The molecule has 1 aliphatic heterocycles. The molecule has 6 nitrogen and oxygen atoms in total. The van der Waals surface area contributed by atoms with E-state index < -0.39 is 11.9 Å². The molecule has 0 fully saturated rings. The zero-order chi connectivity index (χ0) is 22.7. The summed E-state index contributed by atoms with van der Waals surface area (Å²) in [6.07, 6.45) is 2.05. The van der Waals surface area contributed by atoms with Gasteiger partial charge >= 0.3 is 5.97 Å². The highest BCUT2D eigenvalue weighted by atomic mass is 16.5. The molecule has 6 heteroatoms. The summed E-state index contributed by atoms with van der Waals surface area (Å²) in [5.41, 5.74) is 4.52. The second-order valence-electron chi connectivity index (χ2n) is 7.94. The molecule has 1 N–H and O–H groups in total. The van der Waals surface area contributed by atoms with E-state index in [1.807, 2.05) is 55.5 Å². The maximum absolute atomic E-state index is 12.9. The van der Waals surface area contributed by atoms with E-state index in [2.05, 4.69) is 5.32 Å². The van der Waals surface area contributed by atoms with Gasteiger partial charge in [-0.25, -0.2) is 4.79 Å². The molecule has 4 rings (SSSR count). The highest BCUT2D eigenvalue weighted by Crippen LogP contribution is 2.44. The molecule has 0 bridgehead atoms. The Kier molecular flexibility index (Phi) is 6.30. The Morgan fingerprint density at radius 3 is 2.56 bits per heavy atom. The van der Waals surface area contributed by atoms with Gasteiger partial charge in [0.1, 0.15) is 6.61 Å². The number of esters is 1. The maximum Gasteiger partial charge on any atom is 0.336 e. The van der Waals surface area contributed by atoms with Crippen molar-refractivity contribution in [2.24, 2.45) is 0 Å². The van der Waals surface area contributed by atoms with Crippen LogP contribution in [0.15, 0.2) is 71.1 Å². The average molecular weight is 434 g/mol. The van der Waals surface area contributed by atoms with Gasteiger partial charge in [0.15, 0.2) is 17.3 Å². The van der Waals surface area contributed by atoms with Crippen LogP contribution in [0.4, 0.5) is 0 Å². The molecule has 0 saturated heterocycles. The maximum atomic E-state index is 12.9. The highest BCUT2D eigenvalue weighted by Gasteiger charge is 2.39. The summed E-state index contributed by atoms with van der Waals surface area (Å²) in [6, 6.07) is 15.4. The van der Waals surface area contributed by atoms with E-state index in [-0.39, 0.29) is 5.78 Å². The fourth-order valence-corrected chi connectivity index (χ4v) is 4.42. The van der Waals surface area contributed by atoms with E-state index in [0.29, 0.717) is 41.4 Å². The van der Waals surface area contributed by atoms with Crippen LogP contribution >= 0.6 is 0 Å². The molecule has 1 heterocycles. The number of ether oxygens (including phenoxy) is 3. The Morgan fingerprint density at radius 2 is 1.84 bits per heavy atom. The van der Waals surface area contributed by atoms with Gasteiger partial charge in [0.05, 0.1) is 19.8 Å². The number of Topliss-reactive ketones (excluding diaryl/α,β-unsaturated/α-hetero) is 1. The third-order valence-electron chi connectivity index (χ3n) is 5.94. The third kappa shape index (κ3) is 4.13. The number of ketones is 1. The minimum absolute atomic E-state index is 0.0565. The highest BCUT2D eigenvalue weighted by molar-refractivity contribution is 6.03. The van der Waals surface area contributed by atoms with Gasteiger partial charge in [-0.15, -0.1) is 0 Å². The van der Waals surface area contributed by atoms with E-state index in [1.165, 1.54) is 7.11 Å². The van der Waals surface area contributed by atoms with Crippen molar-refractivity contribution in [3.05, 3.63) is 82.2 Å². The number of hydrogen-bond donors (Lipinski definition) is 1. The van der Waals surface area contributed by atoms with Crippen LogP contribution in [0.1, 0.15) is 43.2 Å². The first-order valence-corrected chi connectivity index (χ1v) is 10.7. The summed E-state index contributed by atoms with van der Waals surface area (Å²) < 4.78 is 16.7. The third-order valence-corrected chi connectivity index (χ3v) is 5.94. The summed E-state index contributed by atoms with van der Waals surface area (Å²) in [4.78, 5) is 25.6. The topological polar surface area (TPSA) is 73.9 Å². The first-order chi connectivity index (χ1) is 15.5. The van der Waals surface area contributed by atoms with Gasteiger partial charge < -0.3 is 19.5 Å². The molecule has 0 aromatic heterocycles. The predicted molar refractivity (Wildman–Crippen MR) is 120 cm³/mol. The number of nitrogens with one attached hydrogen (secondary N) is 1. The van der Waals surface area contributed by atoms with Crippen LogP contribution in [-0.2, 0) is 20.9 Å². The molecule has 1 atom stereocenters. The van der Waals surface area contributed by atoms with Crippen molar-refractivity contribution < 1.29 is 23.8 Å². The fraction of sp³-hybridized carbons (Fsp3) is 0.308. The van der Waals surface area contributed by atoms with Gasteiger partial charge in [-0.1, -0.05) is 36.4 Å². The zero-order valence-electron chi connectivity index (χ0n) is 18.6. The number of carbonyl (C=O) groups is 2. The summed E-state index contributed by atoms with van der Waals surface area (Å²) in [6.45, 7) is 2.25. The zero-order valence-corrected chi connectivity index (χ0v) is 18.6. The average Bonchev–Trinajstić information content (AvgIpc) is 2.82. The smallest absolute Gasteiger partial charge is 0.336 e. The van der Waals surface area contributed by atoms with Gasteiger partial charge in [0.2, 0.25) is 0 Å². The lowest BCUT2D eigenvalue weighted by Crippen LogP contribution is -2.34. The lowest BCUT2D eigenvalue weighted by atomic mass is 9.75. The molecule has 0 amide bonds. The molecule has 32 heavy (non-hydrogen) atoms. The molecule has 2 aromatic rings. The number of carbonyl (C=O) groups excluding carboxylic acids is 2. The molecular formula is C26H27NO5. The number of benzene rings is 2. The Hall–Kier alpha value is -3.54. The van der Waals surface area contributed by atoms with Gasteiger partial charge in [0.25, 0.3) is 0 Å². The first kappa shape index (κ1) is 21.7. The van der Waals surface area contributed by atoms with E-state index in [9.17, 15) is 9.59 Å². The molecule has 1 aliphatic carbocycles. The monoisotopic (exact) mass is 433 g/mol. The van der Waals surface area contributed by atoms with Crippen molar-refractivity contribution >= 4 is 11.8 Å². The Bertz CT molecular complexity index is 1100. The molecule has 0 radical (unpaired) electrons. The lowest BCUT2D eigenvalue weighted by molar-refractivity contribution is -0.136. The van der Waals surface area contributed by atoms with Crippen molar-refractivity contribution in [3.63, 3.8) is 0 Å². The molecule has 0 unspecified atom stereocenters. The van der Waals surface area contributed by atoms with Crippen molar-refractivity contribution in [3.8, 4) is 11.5 Å². The standard InChI is InChI=1S/C26H27NO5/c1-16-23(26(29)31-3)24(25-19(27-16)10-7-11-20(25)28)18-12-13-21(22(14-18)30-2)32-15-17-8-5-4-6-9-17/h4-6,8-9,12-14,24,27H,7,10-11,15H2,1-3H3/t24-/m1/s1. The van der Waals surface area contributed by atoms with Crippen LogP contribution in [0.5, 0.6) is 11.5 Å². The minimum Gasteiger partial charge on any atom is -0.493 e. The molecule has 0 saturated carbocycles. The van der Waals surface area contributed by atoms with E-state index in [1.54, 1.807) is 7.11 Å². The number of dihydropyridines is 1. The van der Waals surface area contributed by atoms with E-state index in [0.717, 1.165) is 29.7 Å². The van der Waals surface area contributed by atoms with Crippen molar-refractivity contribution in [2.45, 2.75) is 38.7 Å². The Labute approximate surface area is 187 Å². The van der Waals surface area contributed by atoms with Gasteiger partial charge in [-0.2, -0.15) is 0 Å². The largest absolute Gasteiger partial charge is 0.493 e. The Morgan fingerprint density at radius 1 is 1.06 bits per heavy atom. The predicted octanol–water partition coefficient (Wildman–Crippen LogP) is 4.42. The van der Waals surface area contributed by atoms with Gasteiger partial charge in [-0.3, -0.25) is 4.79 Å². The van der Waals surface area contributed by atoms with Crippen LogP contribution in [0.25, 0.3) is 0 Å². The van der Waals surface area contributed by atoms with Crippen LogP contribution in [0.3, 0.4) is 0 Å². The molecule has 166 valence electrons. The number of hydrogen-bond acceptors (Lipinski definition) is 6. The van der Waals surface area contributed by atoms with Crippen LogP contribution < -0.4 is 14.8 Å². The fourth-order valence-electron chi connectivity index (χ4n) is 4.42. The number of methoxy groups -OCH3 is 2. The van der Waals surface area contributed by atoms with Crippen LogP contribution in [0.2, 0.25) is 0 Å². The molecule has 2 aromatic carbocycles. The normalized spacial score (nSPS) is 18.1. The number of rotatable bonds is 6. The summed E-state index contributed by atoms with van der Waals surface area (Å²) >= 11 is 0. The van der Waals surface area contributed by atoms with E-state index in [4.69, 9.17) is 14.2 Å². The van der Waals surface area contributed by atoms with Crippen molar-refractivity contribution in [1.29, 1.82) is 0 Å².